The Morgan fingerprint density at radius 1 is 1.24 bits per heavy atom. The monoisotopic (exact) mass is 308 g/mol. The molecular weight excluding hydrogens is 292 g/mol. The second kappa shape index (κ2) is 6.51. The van der Waals surface area contributed by atoms with Crippen LogP contribution in [0.4, 0.5) is 5.95 Å². The van der Waals surface area contributed by atoms with Gasteiger partial charge in [-0.05, 0) is 30.8 Å². The van der Waals surface area contributed by atoms with Gasteiger partial charge in [-0.2, -0.15) is 0 Å². The van der Waals surface area contributed by atoms with Crippen molar-refractivity contribution < 1.29 is 13.2 Å². The van der Waals surface area contributed by atoms with Gasteiger partial charge in [0.05, 0.1) is 7.11 Å². The zero-order valence-corrected chi connectivity index (χ0v) is 12.5. The highest BCUT2D eigenvalue weighted by molar-refractivity contribution is 7.92. The third-order valence-electron chi connectivity index (χ3n) is 2.69. The Bertz CT molecular complexity index is 705. The predicted octanol–water partition coefficient (Wildman–Crippen LogP) is 1.01. The molecule has 0 atom stereocenters. The number of rotatable bonds is 6. The maximum atomic E-state index is 12.4. The number of methoxy groups -OCH3 is 1. The predicted molar refractivity (Wildman–Crippen MR) is 78.6 cm³/mol. The minimum Gasteiger partial charge on any atom is -0.495 e. The summed E-state index contributed by atoms with van der Waals surface area (Å²) in [6.07, 6.45) is 2.92. The first-order chi connectivity index (χ1) is 10.1. The summed E-state index contributed by atoms with van der Waals surface area (Å²) in [4.78, 5) is 7.74. The fourth-order valence-corrected chi connectivity index (χ4v) is 2.95. The van der Waals surface area contributed by atoms with E-state index >= 15 is 0 Å². The number of benzene rings is 1. The molecule has 0 amide bonds. The molecule has 0 aliphatic heterocycles. The normalized spacial score (nSPS) is 11.1. The van der Waals surface area contributed by atoms with Crippen LogP contribution < -0.4 is 14.8 Å². The lowest BCUT2D eigenvalue weighted by molar-refractivity contribution is 0.402. The summed E-state index contributed by atoms with van der Waals surface area (Å²) >= 11 is 0. The molecule has 8 heteroatoms. The number of nitrogens with one attached hydrogen (secondary N) is 2. The Hall–Kier alpha value is -2.19. The lowest BCUT2D eigenvalue weighted by atomic mass is 10.2. The maximum absolute atomic E-state index is 12.4. The van der Waals surface area contributed by atoms with Gasteiger partial charge in [-0.3, -0.25) is 0 Å². The molecular formula is C13H16N4O3S. The van der Waals surface area contributed by atoms with E-state index in [1.807, 2.05) is 0 Å². The Labute approximate surface area is 123 Å². The highest BCUT2D eigenvalue weighted by atomic mass is 32.2. The highest BCUT2D eigenvalue weighted by Crippen LogP contribution is 2.26. The second-order valence-electron chi connectivity index (χ2n) is 4.19. The number of aromatic nitrogens is 2. The van der Waals surface area contributed by atoms with Gasteiger partial charge >= 0.3 is 0 Å². The van der Waals surface area contributed by atoms with Crippen molar-refractivity contribution in [2.24, 2.45) is 0 Å². The van der Waals surface area contributed by atoms with Crippen molar-refractivity contribution in [2.45, 2.75) is 11.4 Å². The molecule has 0 fully saturated rings. The van der Waals surface area contributed by atoms with E-state index in [0.29, 0.717) is 6.54 Å². The van der Waals surface area contributed by atoms with E-state index in [-0.39, 0.29) is 16.6 Å². The zero-order valence-electron chi connectivity index (χ0n) is 11.7. The molecule has 112 valence electrons. The standard InChI is InChI=1S/C13H16N4O3S/c1-14-9-10-4-5-11(20-2)12(8-10)21(18,19)17-13-15-6-3-7-16-13/h3-8,14H,9H2,1-2H3,(H,15,16,17). The van der Waals surface area contributed by atoms with Gasteiger partial charge < -0.3 is 10.1 Å². The zero-order chi connectivity index (χ0) is 15.3. The Morgan fingerprint density at radius 2 is 1.95 bits per heavy atom. The number of nitrogens with zero attached hydrogens (tertiary/aromatic N) is 2. The van der Waals surface area contributed by atoms with Crippen LogP contribution in [0.1, 0.15) is 5.56 Å². The second-order valence-corrected chi connectivity index (χ2v) is 5.84. The molecule has 0 radical (unpaired) electrons. The summed E-state index contributed by atoms with van der Waals surface area (Å²) in [5.74, 6) is 0.275. The van der Waals surface area contributed by atoms with Crippen molar-refractivity contribution in [3.8, 4) is 5.75 Å². The molecule has 21 heavy (non-hydrogen) atoms. The summed E-state index contributed by atoms with van der Waals surface area (Å²) in [6.45, 7) is 0.550. The van der Waals surface area contributed by atoms with E-state index in [0.717, 1.165) is 5.56 Å². The molecule has 2 rings (SSSR count). The summed E-state index contributed by atoms with van der Waals surface area (Å²) in [5, 5.41) is 2.97. The molecule has 0 saturated heterocycles. The Kier molecular flexibility index (Phi) is 4.71. The van der Waals surface area contributed by atoms with Crippen molar-refractivity contribution in [2.75, 3.05) is 18.9 Å². The van der Waals surface area contributed by atoms with Gasteiger partial charge in [-0.1, -0.05) is 6.07 Å². The highest BCUT2D eigenvalue weighted by Gasteiger charge is 2.21. The third kappa shape index (κ3) is 3.67. The van der Waals surface area contributed by atoms with Crippen LogP contribution in [0.5, 0.6) is 5.75 Å². The van der Waals surface area contributed by atoms with E-state index < -0.39 is 10.0 Å². The van der Waals surface area contributed by atoms with E-state index in [1.54, 1.807) is 31.3 Å². The first-order valence-electron chi connectivity index (χ1n) is 6.18. The molecule has 0 aliphatic rings. The SMILES string of the molecule is CNCc1ccc(OC)c(S(=O)(=O)Nc2ncccn2)c1. The van der Waals surface area contributed by atoms with Crippen molar-refractivity contribution >= 4 is 16.0 Å². The van der Waals surface area contributed by atoms with Gasteiger partial charge in [-0.25, -0.2) is 23.1 Å². The maximum Gasteiger partial charge on any atom is 0.267 e. The first-order valence-corrected chi connectivity index (χ1v) is 7.66. The van der Waals surface area contributed by atoms with Crippen molar-refractivity contribution in [1.29, 1.82) is 0 Å². The minimum atomic E-state index is -3.82. The number of anilines is 1. The molecule has 0 bridgehead atoms. The van der Waals surface area contributed by atoms with Crippen LogP contribution in [0, 0.1) is 0 Å². The fraction of sp³-hybridized carbons (Fsp3) is 0.231. The molecule has 2 aromatic rings. The number of hydrogen-bond acceptors (Lipinski definition) is 6. The number of sulfonamides is 1. The average molecular weight is 308 g/mol. The van der Waals surface area contributed by atoms with Crippen LogP contribution >= 0.6 is 0 Å². The molecule has 0 saturated carbocycles. The van der Waals surface area contributed by atoms with Gasteiger partial charge in [0.15, 0.2) is 0 Å². The summed E-state index contributed by atoms with van der Waals surface area (Å²) in [5.41, 5.74) is 0.827. The number of ether oxygens (including phenoxy) is 1. The summed E-state index contributed by atoms with van der Waals surface area (Å²) in [6, 6.07) is 6.58. The van der Waals surface area contributed by atoms with E-state index in [1.165, 1.54) is 19.5 Å². The van der Waals surface area contributed by atoms with Gasteiger partial charge in [0.25, 0.3) is 10.0 Å². The van der Waals surface area contributed by atoms with E-state index in [2.05, 4.69) is 20.0 Å². The third-order valence-corrected chi connectivity index (χ3v) is 4.04. The first kappa shape index (κ1) is 15.2. The molecule has 0 aliphatic carbocycles. The quantitative estimate of drug-likeness (QED) is 0.827. The average Bonchev–Trinajstić information content (AvgIpc) is 2.48. The van der Waals surface area contributed by atoms with Gasteiger partial charge in [0.1, 0.15) is 10.6 Å². The van der Waals surface area contributed by atoms with Crippen molar-refractivity contribution in [1.82, 2.24) is 15.3 Å². The van der Waals surface area contributed by atoms with Crippen LogP contribution in [-0.4, -0.2) is 32.5 Å². The smallest absolute Gasteiger partial charge is 0.267 e. The van der Waals surface area contributed by atoms with Crippen LogP contribution in [0.2, 0.25) is 0 Å². The lowest BCUT2D eigenvalue weighted by Gasteiger charge is -2.12. The summed E-state index contributed by atoms with van der Waals surface area (Å²) < 4.78 is 32.3. The lowest BCUT2D eigenvalue weighted by Crippen LogP contribution is -2.16. The van der Waals surface area contributed by atoms with Crippen molar-refractivity contribution in [3.05, 3.63) is 42.2 Å². The fourth-order valence-electron chi connectivity index (χ4n) is 1.77. The topological polar surface area (TPSA) is 93.2 Å². The van der Waals surface area contributed by atoms with Crippen LogP contribution in [0.25, 0.3) is 0 Å². The van der Waals surface area contributed by atoms with Gasteiger partial charge in [0, 0.05) is 18.9 Å². The number of hydrogen-bond donors (Lipinski definition) is 2. The van der Waals surface area contributed by atoms with Crippen LogP contribution in [-0.2, 0) is 16.6 Å². The molecule has 2 N–H and O–H groups in total. The molecule has 0 spiro atoms. The molecule has 1 heterocycles. The molecule has 7 nitrogen and oxygen atoms in total. The minimum absolute atomic E-state index is 0.0126. The van der Waals surface area contributed by atoms with Crippen molar-refractivity contribution in [3.63, 3.8) is 0 Å². The van der Waals surface area contributed by atoms with E-state index in [9.17, 15) is 8.42 Å². The summed E-state index contributed by atoms with van der Waals surface area (Å²) in [7, 11) is -0.617. The molecule has 0 unspecified atom stereocenters. The van der Waals surface area contributed by atoms with E-state index in [4.69, 9.17) is 4.74 Å². The van der Waals surface area contributed by atoms with Crippen LogP contribution in [0.15, 0.2) is 41.6 Å². The Morgan fingerprint density at radius 3 is 2.57 bits per heavy atom. The van der Waals surface area contributed by atoms with Crippen LogP contribution in [0.3, 0.4) is 0 Å². The largest absolute Gasteiger partial charge is 0.495 e. The Balaban J connectivity index is 2.40. The van der Waals surface area contributed by atoms with Gasteiger partial charge in [-0.15, -0.1) is 0 Å². The van der Waals surface area contributed by atoms with Gasteiger partial charge in [0.2, 0.25) is 5.95 Å². The molecule has 1 aromatic heterocycles. The molecule has 1 aromatic carbocycles.